The molecule has 0 radical (unpaired) electrons. The molecular weight excluding hydrogens is 299 g/mol. The van der Waals surface area contributed by atoms with Gasteiger partial charge in [0.15, 0.2) is 0 Å². The summed E-state index contributed by atoms with van der Waals surface area (Å²) in [7, 11) is 0. The van der Waals surface area contributed by atoms with Crippen molar-refractivity contribution in [1.29, 1.82) is 0 Å². The molecule has 1 aromatic carbocycles. The minimum absolute atomic E-state index is 0.0267. The van der Waals surface area contributed by atoms with E-state index in [4.69, 9.17) is 5.73 Å². The summed E-state index contributed by atoms with van der Waals surface area (Å²) in [6, 6.07) is 3.01. The van der Waals surface area contributed by atoms with Crippen LogP contribution >= 0.6 is 22.6 Å². The zero-order valence-corrected chi connectivity index (χ0v) is 9.44. The molecule has 0 atom stereocenters. The van der Waals surface area contributed by atoms with E-state index in [-0.39, 0.29) is 11.3 Å². The number of rotatable bonds is 2. The Morgan fingerprint density at radius 1 is 1.57 bits per heavy atom. The van der Waals surface area contributed by atoms with Crippen molar-refractivity contribution in [2.45, 2.75) is 6.92 Å². The van der Waals surface area contributed by atoms with Gasteiger partial charge >= 0.3 is 0 Å². The van der Waals surface area contributed by atoms with Gasteiger partial charge in [0.05, 0.1) is 4.92 Å². The molecule has 14 heavy (non-hydrogen) atoms. The molecule has 0 unspecified atom stereocenters. The maximum atomic E-state index is 11.0. The Balaban J connectivity index is 3.52. The van der Waals surface area contributed by atoms with E-state index in [0.29, 0.717) is 3.57 Å². The SMILES string of the molecule is Cc1cc(I)c(C(N)=O)c([N+](=O)[O-])c1. The van der Waals surface area contributed by atoms with Crippen LogP contribution in [0.3, 0.4) is 0 Å². The van der Waals surface area contributed by atoms with Gasteiger partial charge in [-0.15, -0.1) is 0 Å². The summed E-state index contributed by atoms with van der Waals surface area (Å²) in [6.07, 6.45) is 0. The second-order valence-corrected chi connectivity index (χ2v) is 3.92. The number of hydrogen-bond donors (Lipinski definition) is 1. The predicted octanol–water partition coefficient (Wildman–Crippen LogP) is 1.61. The fourth-order valence-electron chi connectivity index (χ4n) is 1.11. The number of nitrogens with zero attached hydrogens (tertiary/aromatic N) is 1. The average Bonchev–Trinajstić information content (AvgIpc) is 2.01. The number of primary amides is 1. The molecule has 74 valence electrons. The number of carbonyl (C=O) groups excluding carboxylic acids is 1. The number of amides is 1. The van der Waals surface area contributed by atoms with Crippen LogP contribution in [0.4, 0.5) is 5.69 Å². The third-order valence-corrected chi connectivity index (χ3v) is 2.51. The molecule has 2 N–H and O–H groups in total. The van der Waals surface area contributed by atoms with E-state index in [1.807, 2.05) is 22.6 Å². The van der Waals surface area contributed by atoms with Crippen molar-refractivity contribution in [1.82, 2.24) is 0 Å². The van der Waals surface area contributed by atoms with Gasteiger partial charge in [-0.2, -0.15) is 0 Å². The molecule has 0 aliphatic heterocycles. The molecule has 0 heterocycles. The van der Waals surface area contributed by atoms with Crippen LogP contribution in [0.15, 0.2) is 12.1 Å². The second kappa shape index (κ2) is 3.91. The summed E-state index contributed by atoms with van der Waals surface area (Å²) in [5, 5.41) is 10.6. The van der Waals surface area contributed by atoms with Gasteiger partial charge < -0.3 is 5.73 Å². The first-order valence-corrected chi connectivity index (χ1v) is 4.75. The van der Waals surface area contributed by atoms with E-state index in [1.165, 1.54) is 6.07 Å². The van der Waals surface area contributed by atoms with Gasteiger partial charge in [-0.1, -0.05) is 0 Å². The highest BCUT2D eigenvalue weighted by Gasteiger charge is 2.21. The summed E-state index contributed by atoms with van der Waals surface area (Å²) in [5.41, 5.74) is 5.52. The topological polar surface area (TPSA) is 86.2 Å². The van der Waals surface area contributed by atoms with Crippen LogP contribution in [0.1, 0.15) is 15.9 Å². The van der Waals surface area contributed by atoms with E-state index in [1.54, 1.807) is 13.0 Å². The summed E-state index contributed by atoms with van der Waals surface area (Å²) in [6.45, 7) is 1.72. The van der Waals surface area contributed by atoms with Crippen LogP contribution in [0, 0.1) is 20.6 Å². The van der Waals surface area contributed by atoms with E-state index >= 15 is 0 Å². The molecule has 0 aliphatic carbocycles. The van der Waals surface area contributed by atoms with Crippen LogP contribution in [0.2, 0.25) is 0 Å². The maximum Gasteiger partial charge on any atom is 0.283 e. The van der Waals surface area contributed by atoms with Gasteiger partial charge in [-0.05, 0) is 41.1 Å². The lowest BCUT2D eigenvalue weighted by Crippen LogP contribution is -2.15. The minimum atomic E-state index is -0.777. The number of nitro benzene ring substituents is 1. The Labute approximate surface area is 93.6 Å². The van der Waals surface area contributed by atoms with Crippen LogP contribution < -0.4 is 5.73 Å². The van der Waals surface area contributed by atoms with E-state index in [9.17, 15) is 14.9 Å². The molecule has 0 aromatic heterocycles. The van der Waals surface area contributed by atoms with Crippen molar-refractivity contribution in [3.63, 3.8) is 0 Å². The van der Waals surface area contributed by atoms with Crippen LogP contribution in [-0.4, -0.2) is 10.8 Å². The molecule has 0 saturated carbocycles. The number of carbonyl (C=O) groups is 1. The van der Waals surface area contributed by atoms with Crippen LogP contribution in [0.25, 0.3) is 0 Å². The third kappa shape index (κ3) is 2.00. The highest BCUT2D eigenvalue weighted by Crippen LogP contribution is 2.25. The number of benzene rings is 1. The molecule has 1 aromatic rings. The standard InChI is InChI=1S/C8H7IN2O3/c1-4-2-5(9)7(8(10)12)6(3-4)11(13)14/h2-3H,1H3,(H2,10,12). The number of halogens is 1. The monoisotopic (exact) mass is 306 g/mol. The van der Waals surface area contributed by atoms with Gasteiger partial charge in [0, 0.05) is 9.64 Å². The fraction of sp³-hybridized carbons (Fsp3) is 0.125. The van der Waals surface area contributed by atoms with Gasteiger partial charge in [-0.3, -0.25) is 14.9 Å². The molecule has 0 spiro atoms. The minimum Gasteiger partial charge on any atom is -0.365 e. The largest absolute Gasteiger partial charge is 0.365 e. The van der Waals surface area contributed by atoms with E-state index < -0.39 is 10.8 Å². The first-order valence-electron chi connectivity index (χ1n) is 3.68. The number of nitro groups is 1. The van der Waals surface area contributed by atoms with Gasteiger partial charge in [0.2, 0.25) is 0 Å². The van der Waals surface area contributed by atoms with Crippen molar-refractivity contribution in [2.75, 3.05) is 0 Å². The third-order valence-electron chi connectivity index (χ3n) is 1.66. The molecule has 1 rings (SSSR count). The van der Waals surface area contributed by atoms with Crippen LogP contribution in [0.5, 0.6) is 0 Å². The quantitative estimate of drug-likeness (QED) is 0.511. The smallest absolute Gasteiger partial charge is 0.283 e. The van der Waals surface area contributed by atoms with Crippen molar-refractivity contribution in [3.8, 4) is 0 Å². The Morgan fingerprint density at radius 2 is 2.14 bits per heavy atom. The van der Waals surface area contributed by atoms with E-state index in [0.717, 1.165) is 5.56 Å². The Morgan fingerprint density at radius 3 is 2.57 bits per heavy atom. The lowest BCUT2D eigenvalue weighted by molar-refractivity contribution is -0.385. The van der Waals surface area contributed by atoms with Crippen molar-refractivity contribution >= 4 is 34.2 Å². The highest BCUT2D eigenvalue weighted by molar-refractivity contribution is 14.1. The normalized spacial score (nSPS) is 9.86. The first kappa shape index (κ1) is 10.9. The second-order valence-electron chi connectivity index (χ2n) is 2.76. The Hall–Kier alpha value is -1.18. The van der Waals surface area contributed by atoms with Gasteiger partial charge in [0.25, 0.3) is 11.6 Å². The van der Waals surface area contributed by atoms with Crippen molar-refractivity contribution in [3.05, 3.63) is 36.9 Å². The Kier molecular flexibility index (Phi) is 3.04. The molecule has 5 nitrogen and oxygen atoms in total. The molecular formula is C8H7IN2O3. The number of hydrogen-bond acceptors (Lipinski definition) is 3. The maximum absolute atomic E-state index is 11.0. The lowest BCUT2D eigenvalue weighted by atomic mass is 10.1. The number of aryl methyl sites for hydroxylation is 1. The molecule has 0 fully saturated rings. The Bertz CT molecular complexity index is 417. The van der Waals surface area contributed by atoms with E-state index in [2.05, 4.69) is 0 Å². The molecule has 0 saturated heterocycles. The lowest BCUT2D eigenvalue weighted by Gasteiger charge is -2.02. The van der Waals surface area contributed by atoms with Gasteiger partial charge in [0.1, 0.15) is 5.56 Å². The summed E-state index contributed by atoms with van der Waals surface area (Å²) in [4.78, 5) is 21.0. The zero-order valence-electron chi connectivity index (χ0n) is 7.28. The first-order chi connectivity index (χ1) is 6.43. The average molecular weight is 306 g/mol. The van der Waals surface area contributed by atoms with Gasteiger partial charge in [-0.25, -0.2) is 0 Å². The van der Waals surface area contributed by atoms with Crippen molar-refractivity contribution < 1.29 is 9.72 Å². The van der Waals surface area contributed by atoms with Crippen LogP contribution in [-0.2, 0) is 0 Å². The number of nitrogens with two attached hydrogens (primary N) is 1. The highest BCUT2D eigenvalue weighted by atomic mass is 127. The summed E-state index contributed by atoms with van der Waals surface area (Å²) in [5.74, 6) is -0.777. The fourth-order valence-corrected chi connectivity index (χ4v) is 2.15. The zero-order chi connectivity index (χ0) is 10.9. The predicted molar refractivity (Wildman–Crippen MR) is 59.1 cm³/mol. The summed E-state index contributed by atoms with van der Waals surface area (Å²) >= 11 is 1.85. The summed E-state index contributed by atoms with van der Waals surface area (Å²) < 4.78 is 0.502. The van der Waals surface area contributed by atoms with Crippen molar-refractivity contribution in [2.24, 2.45) is 5.73 Å². The molecule has 6 heteroatoms. The molecule has 0 aliphatic rings. The molecule has 1 amide bonds. The molecule has 0 bridgehead atoms.